The highest BCUT2D eigenvalue weighted by atomic mass is 79.9. The van der Waals surface area contributed by atoms with Crippen LogP contribution in [0.1, 0.15) is 10.5 Å². The average Bonchev–Trinajstić information content (AvgIpc) is 2.82. The van der Waals surface area contributed by atoms with Gasteiger partial charge in [0.05, 0.1) is 10.7 Å². The summed E-state index contributed by atoms with van der Waals surface area (Å²) < 4.78 is 2.56. The monoisotopic (exact) mass is 349 g/mol. The van der Waals surface area contributed by atoms with Gasteiger partial charge in [-0.1, -0.05) is 51.8 Å². The first-order valence-electron chi connectivity index (χ1n) is 5.87. The largest absolute Gasteiger partial charge is 0.477 e. The molecule has 1 N–H and O–H groups in total. The number of carbonyl (C=O) groups is 1. The molecular formula is C15H9BrClNO2. The molecule has 1 heterocycles. The van der Waals surface area contributed by atoms with Gasteiger partial charge in [-0.15, -0.1) is 0 Å². The molecule has 0 unspecified atom stereocenters. The Bertz CT molecular complexity index is 826. The number of benzene rings is 2. The zero-order valence-electron chi connectivity index (χ0n) is 10.2. The van der Waals surface area contributed by atoms with E-state index in [4.69, 9.17) is 11.6 Å². The van der Waals surface area contributed by atoms with Gasteiger partial charge in [-0.25, -0.2) is 4.79 Å². The Hall–Kier alpha value is -1.78. The van der Waals surface area contributed by atoms with Crippen molar-refractivity contribution in [3.05, 3.63) is 63.9 Å². The summed E-state index contributed by atoms with van der Waals surface area (Å²) >= 11 is 9.45. The lowest BCUT2D eigenvalue weighted by Gasteiger charge is -2.11. The number of aromatic carboxylic acids is 1. The number of fused-ring (bicyclic) bond motifs is 1. The first-order chi connectivity index (χ1) is 9.58. The predicted molar refractivity (Wildman–Crippen MR) is 82.9 cm³/mol. The molecule has 0 atom stereocenters. The van der Waals surface area contributed by atoms with E-state index in [2.05, 4.69) is 15.9 Å². The topological polar surface area (TPSA) is 42.2 Å². The van der Waals surface area contributed by atoms with E-state index in [1.54, 1.807) is 10.8 Å². The number of nitrogens with zero attached hydrogens (tertiary/aromatic N) is 1. The number of hydrogen-bond donors (Lipinski definition) is 1. The van der Waals surface area contributed by atoms with Crippen LogP contribution in [0.3, 0.4) is 0 Å². The molecule has 0 spiro atoms. The molecule has 1 aromatic heterocycles. The van der Waals surface area contributed by atoms with Crippen LogP contribution in [-0.2, 0) is 0 Å². The number of aromatic nitrogens is 1. The van der Waals surface area contributed by atoms with Crippen molar-refractivity contribution in [1.29, 1.82) is 0 Å². The Morgan fingerprint density at radius 3 is 2.55 bits per heavy atom. The molecule has 0 bridgehead atoms. The molecule has 0 saturated carbocycles. The van der Waals surface area contributed by atoms with Gasteiger partial charge < -0.3 is 9.67 Å². The minimum absolute atomic E-state index is 0.141. The second kappa shape index (κ2) is 4.96. The maximum atomic E-state index is 11.3. The van der Waals surface area contributed by atoms with Gasteiger partial charge in [0.2, 0.25) is 0 Å². The Kier molecular flexibility index (Phi) is 3.28. The molecule has 0 aliphatic heterocycles. The van der Waals surface area contributed by atoms with Crippen LogP contribution in [0.15, 0.2) is 53.1 Å². The van der Waals surface area contributed by atoms with Crippen LogP contribution in [0.25, 0.3) is 16.5 Å². The Morgan fingerprint density at radius 1 is 1.15 bits per heavy atom. The van der Waals surface area contributed by atoms with Gasteiger partial charge in [-0.05, 0) is 23.6 Å². The minimum atomic E-state index is -1.01. The average molecular weight is 351 g/mol. The van der Waals surface area contributed by atoms with E-state index in [1.807, 2.05) is 36.4 Å². The summed E-state index contributed by atoms with van der Waals surface area (Å²) in [4.78, 5) is 11.3. The highest BCUT2D eigenvalue weighted by Gasteiger charge is 2.15. The van der Waals surface area contributed by atoms with Crippen molar-refractivity contribution in [3.63, 3.8) is 0 Å². The first-order valence-corrected chi connectivity index (χ1v) is 7.04. The summed E-state index contributed by atoms with van der Waals surface area (Å²) in [5.41, 5.74) is 0.926. The van der Waals surface area contributed by atoms with Crippen molar-refractivity contribution in [2.24, 2.45) is 0 Å². The van der Waals surface area contributed by atoms with Gasteiger partial charge in [-0.3, -0.25) is 0 Å². The SMILES string of the molecule is O=C(O)c1cc(Cl)cn1-c1ccc(Br)c2ccccc12. The van der Waals surface area contributed by atoms with Crippen molar-refractivity contribution < 1.29 is 9.90 Å². The maximum Gasteiger partial charge on any atom is 0.352 e. The molecule has 3 aromatic rings. The molecule has 0 amide bonds. The van der Waals surface area contributed by atoms with Crippen LogP contribution < -0.4 is 0 Å². The number of halogens is 2. The zero-order chi connectivity index (χ0) is 14.3. The fourth-order valence-electron chi connectivity index (χ4n) is 2.25. The van der Waals surface area contributed by atoms with Gasteiger partial charge in [0.15, 0.2) is 0 Å². The lowest BCUT2D eigenvalue weighted by atomic mass is 10.1. The quantitative estimate of drug-likeness (QED) is 0.725. The van der Waals surface area contributed by atoms with E-state index >= 15 is 0 Å². The zero-order valence-corrected chi connectivity index (χ0v) is 12.5. The van der Waals surface area contributed by atoms with Crippen LogP contribution >= 0.6 is 27.5 Å². The summed E-state index contributed by atoms with van der Waals surface area (Å²) in [6, 6.07) is 13.0. The van der Waals surface area contributed by atoms with E-state index in [0.717, 1.165) is 20.9 Å². The molecular weight excluding hydrogens is 342 g/mol. The van der Waals surface area contributed by atoms with E-state index in [1.165, 1.54) is 6.07 Å². The number of carboxylic acid groups (broad SMARTS) is 1. The first kappa shape index (κ1) is 13.2. The highest BCUT2D eigenvalue weighted by Crippen LogP contribution is 2.31. The second-order valence-electron chi connectivity index (χ2n) is 4.33. The molecule has 0 radical (unpaired) electrons. The molecule has 3 rings (SSSR count). The molecule has 0 aliphatic rings. The smallest absolute Gasteiger partial charge is 0.352 e. The second-order valence-corrected chi connectivity index (χ2v) is 5.62. The van der Waals surface area contributed by atoms with Crippen molar-refractivity contribution in [2.45, 2.75) is 0 Å². The standard InChI is InChI=1S/C15H9BrClNO2/c16-12-5-6-13(11-4-2-1-3-10(11)12)18-8-9(17)7-14(18)15(19)20/h1-8H,(H,19,20). The molecule has 5 heteroatoms. The van der Waals surface area contributed by atoms with Crippen molar-refractivity contribution >= 4 is 44.3 Å². The van der Waals surface area contributed by atoms with Crippen LogP contribution in [0.4, 0.5) is 0 Å². The van der Waals surface area contributed by atoms with Crippen LogP contribution in [0.5, 0.6) is 0 Å². The molecule has 20 heavy (non-hydrogen) atoms. The fraction of sp³-hybridized carbons (Fsp3) is 0. The van der Waals surface area contributed by atoms with Gasteiger partial charge in [0, 0.05) is 16.1 Å². The lowest BCUT2D eigenvalue weighted by Crippen LogP contribution is -2.06. The van der Waals surface area contributed by atoms with Crippen LogP contribution in [-0.4, -0.2) is 15.6 Å². The molecule has 3 nitrogen and oxygen atoms in total. The third kappa shape index (κ3) is 2.11. The molecule has 0 saturated heterocycles. The highest BCUT2D eigenvalue weighted by molar-refractivity contribution is 9.10. The van der Waals surface area contributed by atoms with Crippen LogP contribution in [0.2, 0.25) is 5.02 Å². The van der Waals surface area contributed by atoms with E-state index < -0.39 is 5.97 Å². The lowest BCUT2D eigenvalue weighted by molar-refractivity contribution is 0.0688. The van der Waals surface area contributed by atoms with Crippen LogP contribution in [0, 0.1) is 0 Å². The summed E-state index contributed by atoms with van der Waals surface area (Å²) in [5, 5.41) is 11.7. The normalized spacial score (nSPS) is 10.9. The fourth-order valence-corrected chi connectivity index (χ4v) is 2.93. The summed E-state index contributed by atoms with van der Waals surface area (Å²) in [6.45, 7) is 0. The molecule has 0 aliphatic carbocycles. The third-order valence-electron chi connectivity index (χ3n) is 3.11. The van der Waals surface area contributed by atoms with Gasteiger partial charge in [-0.2, -0.15) is 0 Å². The van der Waals surface area contributed by atoms with E-state index in [0.29, 0.717) is 5.02 Å². The Morgan fingerprint density at radius 2 is 1.85 bits per heavy atom. The van der Waals surface area contributed by atoms with Gasteiger partial charge in [0.25, 0.3) is 0 Å². The van der Waals surface area contributed by atoms with Gasteiger partial charge >= 0.3 is 5.97 Å². The number of hydrogen-bond acceptors (Lipinski definition) is 1. The minimum Gasteiger partial charge on any atom is -0.477 e. The van der Waals surface area contributed by atoms with Crippen molar-refractivity contribution in [3.8, 4) is 5.69 Å². The Labute approximate surface area is 128 Å². The maximum absolute atomic E-state index is 11.3. The number of rotatable bonds is 2. The summed E-state index contributed by atoms with van der Waals surface area (Å²) in [5.74, 6) is -1.01. The summed E-state index contributed by atoms with van der Waals surface area (Å²) in [6.07, 6.45) is 1.61. The molecule has 100 valence electrons. The van der Waals surface area contributed by atoms with E-state index in [-0.39, 0.29) is 5.69 Å². The van der Waals surface area contributed by atoms with Crippen molar-refractivity contribution in [1.82, 2.24) is 4.57 Å². The van der Waals surface area contributed by atoms with Crippen molar-refractivity contribution in [2.75, 3.05) is 0 Å². The number of carboxylic acids is 1. The third-order valence-corrected chi connectivity index (χ3v) is 4.01. The van der Waals surface area contributed by atoms with Gasteiger partial charge in [0.1, 0.15) is 5.69 Å². The molecule has 2 aromatic carbocycles. The molecule has 0 fully saturated rings. The Balaban J connectivity index is 2.36. The summed E-state index contributed by atoms with van der Waals surface area (Å²) in [7, 11) is 0. The van der Waals surface area contributed by atoms with E-state index in [9.17, 15) is 9.90 Å². The predicted octanol–water partition coefficient (Wildman–Crippen LogP) is 4.74.